The number of fused-ring (bicyclic) bond motifs is 1. The Kier molecular flexibility index (Phi) is 5.30. The first kappa shape index (κ1) is 22.7. The molecule has 0 unspecified atom stereocenters. The average Bonchev–Trinajstić information content (AvgIpc) is 3.24. The number of amides is 1. The van der Waals surface area contributed by atoms with Gasteiger partial charge in [0.15, 0.2) is 6.04 Å². The third kappa shape index (κ3) is 4.06. The Morgan fingerprint density at radius 1 is 1.11 bits per heavy atom. The predicted octanol–water partition coefficient (Wildman–Crippen LogP) is 5.50. The minimum Gasteiger partial charge on any atom is -0.497 e. The van der Waals surface area contributed by atoms with E-state index in [1.165, 1.54) is 25.5 Å². The number of rotatable bonds is 5. The molecule has 1 aliphatic heterocycles. The van der Waals surface area contributed by atoms with Gasteiger partial charge in [-0.05, 0) is 79.4 Å². The summed E-state index contributed by atoms with van der Waals surface area (Å²) in [5, 5.41) is 10.3. The zero-order chi connectivity index (χ0) is 24.4. The van der Waals surface area contributed by atoms with Crippen molar-refractivity contribution in [2.75, 3.05) is 19.0 Å². The van der Waals surface area contributed by atoms with E-state index >= 15 is 0 Å². The molecule has 0 spiro atoms. The van der Waals surface area contributed by atoms with Gasteiger partial charge in [0.05, 0.1) is 19.3 Å². The number of nitrogens with one attached hydrogen (secondary N) is 2. The number of benzene rings is 1. The lowest BCUT2D eigenvalue weighted by molar-refractivity contribution is -0.173. The maximum Gasteiger partial charge on any atom is 0.410 e. The summed E-state index contributed by atoms with van der Waals surface area (Å²) in [6.07, 6.45) is 3.99. The molecule has 0 radical (unpaired) electrons. The number of aromatic nitrogens is 2. The van der Waals surface area contributed by atoms with Crippen LogP contribution in [0.25, 0.3) is 0 Å². The summed E-state index contributed by atoms with van der Waals surface area (Å²) in [6, 6.07) is 4.54. The molecular weight excluding hydrogens is 457 g/mol. The second-order valence-electron chi connectivity index (χ2n) is 11.2. The number of hydrogen-bond donors (Lipinski definition) is 2. The fraction of sp³-hybridized carbons (Fsp3) is 0.615. The largest absolute Gasteiger partial charge is 0.497 e. The highest BCUT2D eigenvalue weighted by Gasteiger charge is 2.51. The molecule has 2 heterocycles. The van der Waals surface area contributed by atoms with Crippen LogP contribution in [-0.2, 0) is 0 Å². The van der Waals surface area contributed by atoms with Gasteiger partial charge in [-0.3, -0.25) is 4.79 Å². The zero-order valence-electron chi connectivity index (χ0n) is 19.8. The number of anilines is 1. The number of alkyl halides is 3. The highest BCUT2D eigenvalue weighted by molar-refractivity contribution is 5.99. The topological polar surface area (TPSA) is 68.2 Å². The van der Waals surface area contributed by atoms with Gasteiger partial charge < -0.3 is 15.4 Å². The van der Waals surface area contributed by atoms with Crippen LogP contribution in [-0.4, -0.2) is 35.5 Å². The highest BCUT2D eigenvalue weighted by atomic mass is 19.4. The molecule has 1 aromatic heterocycles. The van der Waals surface area contributed by atoms with Crippen molar-refractivity contribution in [2.24, 2.45) is 23.2 Å². The minimum atomic E-state index is -4.49. The van der Waals surface area contributed by atoms with Crippen molar-refractivity contribution in [3.05, 3.63) is 41.6 Å². The first-order valence-corrected chi connectivity index (χ1v) is 12.6. The van der Waals surface area contributed by atoms with Gasteiger partial charge in [-0.1, -0.05) is 12.1 Å². The van der Waals surface area contributed by atoms with Gasteiger partial charge in [-0.25, -0.2) is 4.68 Å². The maximum absolute atomic E-state index is 14.0. The van der Waals surface area contributed by atoms with Crippen LogP contribution in [0.4, 0.5) is 19.0 Å². The van der Waals surface area contributed by atoms with Gasteiger partial charge in [0, 0.05) is 13.0 Å². The Morgan fingerprint density at radius 2 is 1.74 bits per heavy atom. The van der Waals surface area contributed by atoms with Crippen molar-refractivity contribution >= 4 is 11.7 Å². The fourth-order valence-corrected chi connectivity index (χ4v) is 7.65. The molecule has 2 atom stereocenters. The summed E-state index contributed by atoms with van der Waals surface area (Å²) in [7, 11) is 1.54. The van der Waals surface area contributed by atoms with Gasteiger partial charge in [0.25, 0.3) is 5.91 Å². The van der Waals surface area contributed by atoms with Crippen molar-refractivity contribution < 1.29 is 22.7 Å². The number of ether oxygens (including phenoxy) is 1. The van der Waals surface area contributed by atoms with Crippen LogP contribution in [0.1, 0.15) is 73.0 Å². The van der Waals surface area contributed by atoms with E-state index in [2.05, 4.69) is 15.7 Å². The van der Waals surface area contributed by atoms with E-state index in [9.17, 15) is 18.0 Å². The third-order valence-electron chi connectivity index (χ3n) is 8.79. The molecule has 9 heteroatoms. The molecule has 0 saturated heterocycles. The molecule has 7 rings (SSSR count). The molecule has 4 bridgehead atoms. The number of nitrogens with zero attached hydrogens (tertiary/aromatic N) is 2. The molecule has 1 aromatic carbocycles. The summed E-state index contributed by atoms with van der Waals surface area (Å²) < 4.78 is 48.1. The quantitative estimate of drug-likeness (QED) is 0.583. The lowest BCUT2D eigenvalue weighted by Crippen LogP contribution is -2.51. The third-order valence-corrected chi connectivity index (χ3v) is 8.79. The molecule has 188 valence electrons. The number of hydrogen-bond acceptors (Lipinski definition) is 4. The summed E-state index contributed by atoms with van der Waals surface area (Å²) in [5.41, 5.74) is 1.01. The molecule has 4 fully saturated rings. The van der Waals surface area contributed by atoms with Crippen LogP contribution in [0, 0.1) is 23.2 Å². The van der Waals surface area contributed by atoms with Gasteiger partial charge in [0.2, 0.25) is 0 Å². The van der Waals surface area contributed by atoms with E-state index in [0.29, 0.717) is 17.9 Å². The highest BCUT2D eigenvalue weighted by Crippen LogP contribution is 2.59. The summed E-state index contributed by atoms with van der Waals surface area (Å²) in [5.74, 6) is 2.70. The molecule has 2 aromatic rings. The van der Waals surface area contributed by atoms with Crippen molar-refractivity contribution in [1.29, 1.82) is 0 Å². The lowest BCUT2D eigenvalue weighted by Gasteiger charge is -2.56. The molecule has 4 saturated carbocycles. The number of halogens is 3. The minimum absolute atomic E-state index is 0.127. The van der Waals surface area contributed by atoms with Gasteiger partial charge in [0.1, 0.15) is 17.1 Å². The van der Waals surface area contributed by atoms with E-state index in [1.54, 1.807) is 31.4 Å². The van der Waals surface area contributed by atoms with Gasteiger partial charge in [-0.2, -0.15) is 18.3 Å². The van der Waals surface area contributed by atoms with E-state index in [1.807, 2.05) is 0 Å². The van der Waals surface area contributed by atoms with Crippen molar-refractivity contribution in [3.8, 4) is 5.75 Å². The van der Waals surface area contributed by atoms with E-state index in [0.717, 1.165) is 41.7 Å². The first-order valence-electron chi connectivity index (χ1n) is 12.6. The van der Waals surface area contributed by atoms with Crippen molar-refractivity contribution in [1.82, 2.24) is 15.1 Å². The summed E-state index contributed by atoms with van der Waals surface area (Å²) in [4.78, 5) is 13.3. The molecule has 6 nitrogen and oxygen atoms in total. The van der Waals surface area contributed by atoms with Gasteiger partial charge in [-0.15, -0.1) is 0 Å². The van der Waals surface area contributed by atoms with E-state index in [4.69, 9.17) is 4.74 Å². The summed E-state index contributed by atoms with van der Waals surface area (Å²) in [6.45, 7) is 0.588. The average molecular weight is 489 g/mol. The molecular formula is C26H31F3N4O2. The molecule has 4 aliphatic carbocycles. The Bertz CT molecular complexity index is 1080. The smallest absolute Gasteiger partial charge is 0.410 e. The maximum atomic E-state index is 14.0. The molecule has 1 amide bonds. The Morgan fingerprint density at radius 3 is 2.31 bits per heavy atom. The fourth-order valence-electron chi connectivity index (χ4n) is 7.65. The number of methoxy groups -OCH3 is 1. The van der Waals surface area contributed by atoms with Crippen LogP contribution >= 0.6 is 0 Å². The lowest BCUT2D eigenvalue weighted by atomic mass is 9.49. The van der Waals surface area contributed by atoms with Crippen LogP contribution in [0.3, 0.4) is 0 Å². The first-order chi connectivity index (χ1) is 16.7. The predicted molar refractivity (Wildman–Crippen MR) is 124 cm³/mol. The normalized spacial score (nSPS) is 33.2. The van der Waals surface area contributed by atoms with E-state index in [-0.39, 0.29) is 29.1 Å². The SMILES string of the molecule is COc1ccc([C@H]2C[C@@H](C(F)(F)F)n3ncc(C(=O)NCC45CC6CC(CC(C6)C4)C5)c3N2)cc1. The van der Waals surface area contributed by atoms with Crippen LogP contribution in [0.5, 0.6) is 5.75 Å². The van der Waals surface area contributed by atoms with Crippen LogP contribution < -0.4 is 15.4 Å². The monoisotopic (exact) mass is 488 g/mol. The second kappa shape index (κ2) is 8.17. The number of carbonyl (C=O) groups excluding carboxylic acids is 1. The Balaban J connectivity index is 1.23. The Labute approximate surface area is 202 Å². The van der Waals surface area contributed by atoms with E-state index < -0.39 is 18.3 Å². The number of carbonyl (C=O) groups is 1. The zero-order valence-corrected chi connectivity index (χ0v) is 19.8. The van der Waals surface area contributed by atoms with Crippen LogP contribution in [0.2, 0.25) is 0 Å². The summed E-state index contributed by atoms with van der Waals surface area (Å²) >= 11 is 0. The van der Waals surface area contributed by atoms with Gasteiger partial charge >= 0.3 is 6.18 Å². The van der Waals surface area contributed by atoms with Crippen molar-refractivity contribution in [2.45, 2.75) is 63.2 Å². The van der Waals surface area contributed by atoms with Crippen LogP contribution in [0.15, 0.2) is 30.5 Å². The molecule has 35 heavy (non-hydrogen) atoms. The van der Waals surface area contributed by atoms with Crippen molar-refractivity contribution in [3.63, 3.8) is 0 Å². The Hall–Kier alpha value is -2.71. The molecule has 5 aliphatic rings. The second-order valence-corrected chi connectivity index (χ2v) is 11.2. The molecule has 2 N–H and O–H groups in total. The standard InChI is InChI=1S/C26H31F3N4O2/c1-35-19-4-2-18(3-5-19)21-9-22(26(27,28)29)33-23(32-21)20(13-31-33)24(34)30-14-25-10-15-6-16(11-25)8-17(7-15)12-25/h2-5,13,15-17,21-22,32H,6-12,14H2,1H3,(H,30,34)/t15?,16?,17?,21-,22+,25?/m1/s1.